The molecule has 5 heteroatoms. The average Bonchev–Trinajstić information content (AvgIpc) is 3.68. The molecule has 10 rings (SSSR count). The highest BCUT2D eigenvalue weighted by molar-refractivity contribution is 6.37. The van der Waals surface area contributed by atoms with Gasteiger partial charge in [0.05, 0.1) is 27.6 Å². The van der Waals surface area contributed by atoms with Crippen molar-refractivity contribution in [3.8, 4) is 5.82 Å². The summed E-state index contributed by atoms with van der Waals surface area (Å²) in [7, 11) is 0. The second-order valence-corrected chi connectivity index (χ2v) is 10.9. The first-order chi connectivity index (χ1) is 20.8. The largest absolute Gasteiger partial charge is 0.358 e. The van der Waals surface area contributed by atoms with Crippen LogP contribution in [-0.4, -0.2) is 18.9 Å². The second kappa shape index (κ2) is 7.60. The summed E-state index contributed by atoms with van der Waals surface area (Å²) in [6.45, 7) is 8.06. The van der Waals surface area contributed by atoms with Gasteiger partial charge in [0.1, 0.15) is 5.52 Å². The van der Waals surface area contributed by atoms with E-state index in [1.54, 1.807) is 0 Å². The lowest BCUT2D eigenvalue weighted by Crippen LogP contribution is -2.00. The number of hydrogen-bond donors (Lipinski definition) is 0. The van der Waals surface area contributed by atoms with Gasteiger partial charge < -0.3 is 13.8 Å². The third-order valence-electron chi connectivity index (χ3n) is 8.84. The summed E-state index contributed by atoms with van der Waals surface area (Å²) in [6, 6.07) is 40.4. The summed E-state index contributed by atoms with van der Waals surface area (Å²) >= 11 is 0. The Morgan fingerprint density at radius 2 is 1.21 bits per heavy atom. The van der Waals surface area contributed by atoms with E-state index in [2.05, 4.69) is 105 Å². The molecule has 4 aromatic heterocycles. The van der Waals surface area contributed by atoms with Gasteiger partial charge in [0.2, 0.25) is 0 Å². The fraction of sp³-hybridized carbons (Fsp3) is 0. The Bertz CT molecular complexity index is 2810. The van der Waals surface area contributed by atoms with Crippen molar-refractivity contribution in [2.24, 2.45) is 0 Å². The predicted molar refractivity (Wildman–Crippen MR) is 172 cm³/mol. The first-order valence-corrected chi connectivity index (χ1v) is 14.0. The van der Waals surface area contributed by atoms with E-state index >= 15 is 0 Å². The third kappa shape index (κ3) is 2.53. The van der Waals surface area contributed by atoms with Gasteiger partial charge in [-0.1, -0.05) is 91.5 Å². The molecule has 6 aromatic carbocycles. The molecule has 42 heavy (non-hydrogen) atoms. The van der Waals surface area contributed by atoms with Crippen LogP contribution in [0.3, 0.4) is 0 Å². The van der Waals surface area contributed by atoms with E-state index in [-0.39, 0.29) is 0 Å². The van der Waals surface area contributed by atoms with Crippen LogP contribution in [0.5, 0.6) is 0 Å². The van der Waals surface area contributed by atoms with E-state index < -0.39 is 0 Å². The first kappa shape index (κ1) is 21.8. The molecule has 0 spiro atoms. The highest BCUT2D eigenvalue weighted by Gasteiger charge is 2.26. The Hall–Kier alpha value is -5.99. The molecule has 0 N–H and O–H groups in total. The maximum Gasteiger partial charge on any atom is 0.313 e. The lowest BCUT2D eigenvalue weighted by atomic mass is 10.00. The molecule has 192 valence electrons. The molecule has 0 radical (unpaired) electrons. The van der Waals surface area contributed by atoms with Gasteiger partial charge in [0.15, 0.2) is 11.3 Å². The van der Waals surface area contributed by atoms with Gasteiger partial charge in [-0.15, -0.1) is 4.98 Å². The Kier molecular flexibility index (Phi) is 3.94. The van der Waals surface area contributed by atoms with Crippen LogP contribution in [0.2, 0.25) is 0 Å². The lowest BCUT2D eigenvalue weighted by Gasteiger charge is -2.09. The SMILES string of the molecule is [C-]#[N+]c1nc2ccccc2nc1-n1c2ccccc2c2c3c4ccc5ccccc5c4n4c5ccccc5c(cc21)c34. The number of fused-ring (bicyclic) bond motifs is 13. The van der Waals surface area contributed by atoms with E-state index in [0.29, 0.717) is 11.6 Å². The molecule has 4 heterocycles. The lowest BCUT2D eigenvalue weighted by molar-refractivity contribution is 1.09. The number of benzene rings is 6. The molecule has 0 aliphatic heterocycles. The molecule has 0 saturated heterocycles. The van der Waals surface area contributed by atoms with Gasteiger partial charge in [-0.2, -0.15) is 0 Å². The second-order valence-electron chi connectivity index (χ2n) is 10.9. The van der Waals surface area contributed by atoms with Crippen LogP contribution in [0.25, 0.3) is 92.4 Å². The quantitative estimate of drug-likeness (QED) is 0.197. The molecule has 0 amide bonds. The molecule has 0 fully saturated rings. The monoisotopic (exact) mass is 533 g/mol. The van der Waals surface area contributed by atoms with Crippen molar-refractivity contribution in [2.75, 3.05) is 0 Å². The molecule has 0 aliphatic carbocycles. The highest BCUT2D eigenvalue weighted by atomic mass is 15.1. The highest BCUT2D eigenvalue weighted by Crippen LogP contribution is 2.48. The minimum Gasteiger partial charge on any atom is -0.358 e. The molecular weight excluding hydrogens is 514 g/mol. The summed E-state index contributed by atoms with van der Waals surface area (Å²) in [5.74, 6) is 0.851. The summed E-state index contributed by atoms with van der Waals surface area (Å²) in [5.41, 5.74) is 7.18. The number of nitrogens with zero attached hydrogens (tertiary/aromatic N) is 5. The molecule has 5 nitrogen and oxygen atoms in total. The normalized spacial score (nSPS) is 12.3. The van der Waals surface area contributed by atoms with E-state index in [1.807, 2.05) is 24.3 Å². The number of hydrogen-bond acceptors (Lipinski definition) is 2. The van der Waals surface area contributed by atoms with Gasteiger partial charge in [0.25, 0.3) is 0 Å². The van der Waals surface area contributed by atoms with E-state index in [1.165, 1.54) is 54.3 Å². The topological polar surface area (TPSA) is 39.5 Å². The molecule has 0 aliphatic rings. The van der Waals surface area contributed by atoms with Crippen LogP contribution in [0, 0.1) is 6.57 Å². The third-order valence-corrected chi connectivity index (χ3v) is 8.84. The standard InChI is InChI=1S/C37H19N5/c1-38-36-37(40-28-15-7-6-14-27(28)39-36)41-30-17-9-5-13-24(30)32-31(41)20-26-23-12-4-8-16-29(23)42-34-22-11-3-2-10-21(22)18-19-25(34)33(32)35(26)42/h2-20H. The Morgan fingerprint density at radius 1 is 0.524 bits per heavy atom. The fourth-order valence-corrected chi connectivity index (χ4v) is 7.20. The smallest absolute Gasteiger partial charge is 0.313 e. The van der Waals surface area contributed by atoms with Crippen molar-refractivity contribution in [3.63, 3.8) is 0 Å². The van der Waals surface area contributed by atoms with E-state index in [0.717, 1.165) is 27.5 Å². The molecule has 10 aromatic rings. The van der Waals surface area contributed by atoms with Gasteiger partial charge in [-0.05, 0) is 35.7 Å². The number of rotatable bonds is 1. The Morgan fingerprint density at radius 3 is 2.05 bits per heavy atom. The minimum absolute atomic E-state index is 0.293. The molecular formula is C37H19N5. The van der Waals surface area contributed by atoms with Crippen molar-refractivity contribution in [1.29, 1.82) is 0 Å². The summed E-state index contributed by atoms with van der Waals surface area (Å²) in [6.07, 6.45) is 0. The molecule has 0 saturated carbocycles. The zero-order valence-electron chi connectivity index (χ0n) is 22.2. The molecule has 0 unspecified atom stereocenters. The predicted octanol–water partition coefficient (Wildman–Crippen LogP) is 9.58. The Labute approximate surface area is 238 Å². The maximum absolute atomic E-state index is 8.06. The van der Waals surface area contributed by atoms with E-state index in [9.17, 15) is 0 Å². The summed E-state index contributed by atoms with van der Waals surface area (Å²) in [4.78, 5) is 13.7. The van der Waals surface area contributed by atoms with Crippen LogP contribution in [0.1, 0.15) is 0 Å². The number of aromatic nitrogens is 4. The van der Waals surface area contributed by atoms with Gasteiger partial charge in [0, 0.05) is 37.7 Å². The molecule has 0 bridgehead atoms. The van der Waals surface area contributed by atoms with Crippen molar-refractivity contribution >= 4 is 87.5 Å². The van der Waals surface area contributed by atoms with Crippen LogP contribution in [0.4, 0.5) is 5.82 Å². The van der Waals surface area contributed by atoms with Gasteiger partial charge in [-0.25, -0.2) is 4.98 Å². The van der Waals surface area contributed by atoms with Crippen LogP contribution in [-0.2, 0) is 0 Å². The zero-order chi connectivity index (χ0) is 27.5. The average molecular weight is 534 g/mol. The fourth-order valence-electron chi connectivity index (χ4n) is 7.20. The minimum atomic E-state index is 0.293. The van der Waals surface area contributed by atoms with Crippen LogP contribution >= 0.6 is 0 Å². The first-order valence-electron chi connectivity index (χ1n) is 14.0. The zero-order valence-corrected chi connectivity index (χ0v) is 22.2. The molecule has 0 atom stereocenters. The van der Waals surface area contributed by atoms with Gasteiger partial charge >= 0.3 is 5.82 Å². The van der Waals surface area contributed by atoms with Crippen molar-refractivity contribution in [1.82, 2.24) is 18.9 Å². The van der Waals surface area contributed by atoms with Crippen molar-refractivity contribution in [2.45, 2.75) is 0 Å². The maximum atomic E-state index is 8.06. The number of para-hydroxylation sites is 4. The van der Waals surface area contributed by atoms with Crippen molar-refractivity contribution in [3.05, 3.63) is 127 Å². The van der Waals surface area contributed by atoms with Crippen LogP contribution in [0.15, 0.2) is 115 Å². The van der Waals surface area contributed by atoms with Crippen LogP contribution < -0.4 is 0 Å². The van der Waals surface area contributed by atoms with Crippen molar-refractivity contribution < 1.29 is 0 Å². The van der Waals surface area contributed by atoms with E-state index in [4.69, 9.17) is 16.5 Å². The van der Waals surface area contributed by atoms with Gasteiger partial charge in [-0.3, -0.25) is 0 Å². The summed E-state index contributed by atoms with van der Waals surface area (Å²) < 4.78 is 4.61. The summed E-state index contributed by atoms with van der Waals surface area (Å²) in [5, 5.41) is 9.62. The Balaban J connectivity index is 1.53.